The molecule has 0 saturated carbocycles. The van der Waals surface area contributed by atoms with Crippen LogP contribution in [0.4, 0.5) is 0 Å². The third-order valence-electron chi connectivity index (χ3n) is 3.74. The van der Waals surface area contributed by atoms with Gasteiger partial charge in [-0.25, -0.2) is 0 Å². The lowest BCUT2D eigenvalue weighted by atomic mass is 9.86. The Bertz CT molecular complexity index is 226. The molecule has 3 heteroatoms. The van der Waals surface area contributed by atoms with Gasteiger partial charge in [0, 0.05) is 0 Å². The van der Waals surface area contributed by atoms with Crippen LogP contribution in [0.25, 0.3) is 0 Å². The zero-order valence-corrected chi connectivity index (χ0v) is 13.9. The van der Waals surface area contributed by atoms with E-state index in [1.807, 2.05) is 13.8 Å². The van der Waals surface area contributed by atoms with E-state index in [1.54, 1.807) is 0 Å². The highest BCUT2D eigenvalue weighted by molar-refractivity contribution is 4.78. The second-order valence-corrected chi connectivity index (χ2v) is 6.73. The first-order chi connectivity index (χ1) is 8.69. The number of rotatable bonds is 10. The standard InChI is InChI=1S/C16H34O3/c1-12(2)8-9-13(3)16(6,7)19-15(5)11-18-14(4)10-17/h12-15,17H,8-11H2,1-7H3. The quantitative estimate of drug-likeness (QED) is 0.661. The Morgan fingerprint density at radius 2 is 1.53 bits per heavy atom. The van der Waals surface area contributed by atoms with E-state index in [2.05, 4.69) is 34.6 Å². The van der Waals surface area contributed by atoms with Crippen LogP contribution in [0.15, 0.2) is 0 Å². The second-order valence-electron chi connectivity index (χ2n) is 6.73. The number of hydrogen-bond acceptors (Lipinski definition) is 3. The molecule has 3 unspecified atom stereocenters. The molecule has 3 atom stereocenters. The van der Waals surface area contributed by atoms with Gasteiger partial charge < -0.3 is 14.6 Å². The van der Waals surface area contributed by atoms with Crippen LogP contribution >= 0.6 is 0 Å². The Morgan fingerprint density at radius 1 is 0.947 bits per heavy atom. The topological polar surface area (TPSA) is 38.7 Å². The fourth-order valence-electron chi connectivity index (χ4n) is 1.95. The van der Waals surface area contributed by atoms with Crippen LogP contribution in [0.5, 0.6) is 0 Å². The molecule has 0 aromatic carbocycles. The van der Waals surface area contributed by atoms with Crippen LogP contribution in [-0.4, -0.2) is 36.1 Å². The molecule has 0 aromatic rings. The predicted molar refractivity (Wildman–Crippen MR) is 80.4 cm³/mol. The van der Waals surface area contributed by atoms with Crippen LogP contribution < -0.4 is 0 Å². The molecular formula is C16H34O3. The van der Waals surface area contributed by atoms with Gasteiger partial charge in [-0.2, -0.15) is 0 Å². The molecule has 19 heavy (non-hydrogen) atoms. The van der Waals surface area contributed by atoms with Gasteiger partial charge in [-0.1, -0.05) is 27.2 Å². The Morgan fingerprint density at radius 3 is 2.00 bits per heavy atom. The van der Waals surface area contributed by atoms with Crippen molar-refractivity contribution in [3.63, 3.8) is 0 Å². The molecule has 0 aliphatic rings. The van der Waals surface area contributed by atoms with Crippen molar-refractivity contribution < 1.29 is 14.6 Å². The maximum Gasteiger partial charge on any atom is 0.0788 e. The summed E-state index contributed by atoms with van der Waals surface area (Å²) in [5.41, 5.74) is -0.139. The monoisotopic (exact) mass is 274 g/mol. The molecule has 0 fully saturated rings. The van der Waals surface area contributed by atoms with Gasteiger partial charge in [0.15, 0.2) is 0 Å². The summed E-state index contributed by atoms with van der Waals surface area (Å²) in [6, 6.07) is 0. The van der Waals surface area contributed by atoms with Crippen LogP contribution in [-0.2, 0) is 9.47 Å². The molecule has 0 aliphatic heterocycles. The van der Waals surface area contributed by atoms with Crippen LogP contribution in [0.3, 0.4) is 0 Å². The zero-order valence-electron chi connectivity index (χ0n) is 13.9. The molecule has 0 aromatic heterocycles. The van der Waals surface area contributed by atoms with Gasteiger partial charge in [0.2, 0.25) is 0 Å². The summed E-state index contributed by atoms with van der Waals surface area (Å²) in [5.74, 6) is 1.26. The number of aliphatic hydroxyl groups excluding tert-OH is 1. The van der Waals surface area contributed by atoms with Gasteiger partial charge in [0.05, 0.1) is 31.0 Å². The maximum atomic E-state index is 8.92. The zero-order chi connectivity index (χ0) is 15.1. The third kappa shape index (κ3) is 8.61. The molecule has 0 aliphatic carbocycles. The fourth-order valence-corrected chi connectivity index (χ4v) is 1.95. The predicted octanol–water partition coefficient (Wildman–Crippen LogP) is 3.64. The van der Waals surface area contributed by atoms with Crippen molar-refractivity contribution in [3.8, 4) is 0 Å². The molecule has 0 heterocycles. The first-order valence-electron chi connectivity index (χ1n) is 7.59. The van der Waals surface area contributed by atoms with E-state index in [-0.39, 0.29) is 24.4 Å². The van der Waals surface area contributed by atoms with Crippen molar-refractivity contribution in [2.24, 2.45) is 11.8 Å². The second kappa shape index (κ2) is 8.93. The van der Waals surface area contributed by atoms with Gasteiger partial charge in [0.1, 0.15) is 0 Å². The van der Waals surface area contributed by atoms with E-state index in [0.717, 1.165) is 5.92 Å². The van der Waals surface area contributed by atoms with E-state index >= 15 is 0 Å². The van der Waals surface area contributed by atoms with E-state index in [1.165, 1.54) is 12.8 Å². The Labute approximate surface area is 119 Å². The van der Waals surface area contributed by atoms with E-state index < -0.39 is 0 Å². The highest BCUT2D eigenvalue weighted by Gasteiger charge is 2.28. The molecule has 0 radical (unpaired) electrons. The summed E-state index contributed by atoms with van der Waals surface area (Å²) in [5, 5.41) is 8.92. The molecule has 0 bridgehead atoms. The first kappa shape index (κ1) is 18.9. The van der Waals surface area contributed by atoms with Crippen LogP contribution in [0.1, 0.15) is 61.3 Å². The summed E-state index contributed by atoms with van der Waals surface area (Å²) >= 11 is 0. The van der Waals surface area contributed by atoms with Gasteiger partial charge in [-0.05, 0) is 46.0 Å². The summed E-state index contributed by atoms with van der Waals surface area (Å²) < 4.78 is 11.6. The minimum absolute atomic E-state index is 0.0468. The molecule has 3 nitrogen and oxygen atoms in total. The summed E-state index contributed by atoms with van der Waals surface area (Å²) in [6.07, 6.45) is 2.35. The van der Waals surface area contributed by atoms with Crippen molar-refractivity contribution in [2.45, 2.75) is 79.1 Å². The summed E-state index contributed by atoms with van der Waals surface area (Å²) in [7, 11) is 0. The summed E-state index contributed by atoms with van der Waals surface area (Å²) in [4.78, 5) is 0. The van der Waals surface area contributed by atoms with Gasteiger partial charge in [0.25, 0.3) is 0 Å². The first-order valence-corrected chi connectivity index (χ1v) is 7.59. The van der Waals surface area contributed by atoms with Gasteiger partial charge >= 0.3 is 0 Å². The fraction of sp³-hybridized carbons (Fsp3) is 1.00. The van der Waals surface area contributed by atoms with Crippen LogP contribution in [0.2, 0.25) is 0 Å². The minimum Gasteiger partial charge on any atom is -0.394 e. The lowest BCUT2D eigenvalue weighted by Crippen LogP contribution is -2.38. The van der Waals surface area contributed by atoms with Crippen molar-refractivity contribution in [1.82, 2.24) is 0 Å². The number of hydrogen-bond donors (Lipinski definition) is 1. The highest BCUT2D eigenvalue weighted by Crippen LogP contribution is 2.28. The maximum absolute atomic E-state index is 8.92. The van der Waals surface area contributed by atoms with E-state index in [4.69, 9.17) is 14.6 Å². The average Bonchev–Trinajstić information content (AvgIpc) is 2.32. The van der Waals surface area contributed by atoms with Crippen LogP contribution in [0, 0.1) is 11.8 Å². The largest absolute Gasteiger partial charge is 0.394 e. The molecule has 1 N–H and O–H groups in total. The number of aliphatic hydroxyl groups is 1. The Hall–Kier alpha value is -0.120. The van der Waals surface area contributed by atoms with Crippen molar-refractivity contribution >= 4 is 0 Å². The summed E-state index contributed by atoms with van der Waals surface area (Å²) in [6.45, 7) is 15.6. The molecule has 0 spiro atoms. The normalized spacial score (nSPS) is 17.5. The molecule has 0 amide bonds. The van der Waals surface area contributed by atoms with Crippen molar-refractivity contribution in [3.05, 3.63) is 0 Å². The Balaban J connectivity index is 4.11. The third-order valence-corrected chi connectivity index (χ3v) is 3.74. The number of ether oxygens (including phenoxy) is 2. The lowest BCUT2D eigenvalue weighted by molar-refractivity contribution is -0.129. The molecular weight excluding hydrogens is 240 g/mol. The van der Waals surface area contributed by atoms with E-state index in [9.17, 15) is 0 Å². The Kier molecular flexibility index (Phi) is 8.88. The highest BCUT2D eigenvalue weighted by atomic mass is 16.6. The van der Waals surface area contributed by atoms with Crippen molar-refractivity contribution in [1.29, 1.82) is 0 Å². The van der Waals surface area contributed by atoms with Gasteiger partial charge in [-0.15, -0.1) is 0 Å². The average molecular weight is 274 g/mol. The lowest BCUT2D eigenvalue weighted by Gasteiger charge is -2.35. The minimum atomic E-state index is -0.139. The van der Waals surface area contributed by atoms with Gasteiger partial charge in [-0.3, -0.25) is 0 Å². The smallest absolute Gasteiger partial charge is 0.0788 e. The van der Waals surface area contributed by atoms with Crippen molar-refractivity contribution in [2.75, 3.05) is 13.2 Å². The molecule has 0 rings (SSSR count). The molecule has 0 saturated heterocycles. The van der Waals surface area contributed by atoms with E-state index in [0.29, 0.717) is 12.5 Å². The SMILES string of the molecule is CC(C)CCC(C)C(C)(C)OC(C)COC(C)CO. The molecule has 116 valence electrons.